The SMILES string of the molecule is N#Cc1cc(S(=O)(=O)N2CCCC(CC(=O)O)C2)ccc1C(F)(F)F. The molecule has 1 aliphatic heterocycles. The minimum absolute atomic E-state index is 0.0163. The van der Waals surface area contributed by atoms with Crippen molar-refractivity contribution in [3.05, 3.63) is 29.3 Å². The molecule has 1 saturated heterocycles. The molecule has 1 aliphatic rings. The molecule has 136 valence electrons. The quantitative estimate of drug-likeness (QED) is 0.870. The molecule has 0 saturated carbocycles. The second-order valence-corrected chi connectivity index (χ2v) is 7.72. The van der Waals surface area contributed by atoms with E-state index in [9.17, 15) is 26.4 Å². The van der Waals surface area contributed by atoms with Gasteiger partial charge < -0.3 is 5.11 Å². The van der Waals surface area contributed by atoms with E-state index >= 15 is 0 Å². The molecule has 25 heavy (non-hydrogen) atoms. The Bertz CT molecular complexity index is 815. The molecule has 0 spiro atoms. The Hall–Kier alpha value is -2.12. The number of benzene rings is 1. The Kier molecular flexibility index (Phi) is 5.39. The number of rotatable bonds is 4. The van der Waals surface area contributed by atoms with Gasteiger partial charge in [-0.3, -0.25) is 4.79 Å². The summed E-state index contributed by atoms with van der Waals surface area (Å²) in [4.78, 5) is 10.4. The lowest BCUT2D eigenvalue weighted by molar-refractivity contribution is -0.139. The van der Waals surface area contributed by atoms with Crippen LogP contribution in [0.1, 0.15) is 30.4 Å². The molecule has 0 aromatic heterocycles. The summed E-state index contributed by atoms with van der Waals surface area (Å²) in [5.41, 5.74) is -1.97. The second kappa shape index (κ2) is 7.01. The van der Waals surface area contributed by atoms with E-state index in [1.807, 2.05) is 0 Å². The van der Waals surface area contributed by atoms with Gasteiger partial charge in [-0.1, -0.05) is 0 Å². The largest absolute Gasteiger partial charge is 0.481 e. The van der Waals surface area contributed by atoms with Crippen LogP contribution in [-0.4, -0.2) is 36.9 Å². The van der Waals surface area contributed by atoms with Crippen LogP contribution in [0.2, 0.25) is 0 Å². The second-order valence-electron chi connectivity index (χ2n) is 5.79. The number of hydrogen-bond acceptors (Lipinski definition) is 4. The number of nitriles is 1. The van der Waals surface area contributed by atoms with Crippen LogP contribution in [0.3, 0.4) is 0 Å². The highest BCUT2D eigenvalue weighted by Gasteiger charge is 2.36. The highest BCUT2D eigenvalue weighted by Crippen LogP contribution is 2.34. The van der Waals surface area contributed by atoms with Crippen LogP contribution in [0.4, 0.5) is 13.2 Å². The summed E-state index contributed by atoms with van der Waals surface area (Å²) < 4.78 is 64.8. The number of carboxylic acid groups (broad SMARTS) is 1. The van der Waals surface area contributed by atoms with Gasteiger partial charge in [0.05, 0.1) is 22.1 Å². The Balaban J connectivity index is 2.33. The molecule has 1 aromatic carbocycles. The average molecular weight is 376 g/mol. The summed E-state index contributed by atoms with van der Waals surface area (Å²) in [6.07, 6.45) is -3.91. The Morgan fingerprint density at radius 3 is 2.64 bits per heavy atom. The number of nitrogens with zero attached hydrogens (tertiary/aromatic N) is 2. The summed E-state index contributed by atoms with van der Waals surface area (Å²) in [5.74, 6) is -1.39. The molecule has 1 unspecified atom stereocenters. The first-order chi connectivity index (χ1) is 11.6. The molecule has 1 aromatic rings. The fourth-order valence-corrected chi connectivity index (χ4v) is 4.41. The molecular formula is C15H15F3N2O4S. The first-order valence-corrected chi connectivity index (χ1v) is 8.83. The van der Waals surface area contributed by atoms with Crippen molar-refractivity contribution in [1.29, 1.82) is 5.26 Å². The van der Waals surface area contributed by atoms with Gasteiger partial charge in [0.1, 0.15) is 0 Å². The first-order valence-electron chi connectivity index (χ1n) is 7.39. The van der Waals surface area contributed by atoms with Crippen LogP contribution in [0.25, 0.3) is 0 Å². The Labute approximate surface area is 142 Å². The van der Waals surface area contributed by atoms with E-state index in [2.05, 4.69) is 0 Å². The Morgan fingerprint density at radius 1 is 1.40 bits per heavy atom. The van der Waals surface area contributed by atoms with Crippen molar-refractivity contribution in [1.82, 2.24) is 4.31 Å². The van der Waals surface area contributed by atoms with Crippen molar-refractivity contribution in [3.8, 4) is 6.07 Å². The van der Waals surface area contributed by atoms with Crippen molar-refractivity contribution in [2.45, 2.75) is 30.3 Å². The van der Waals surface area contributed by atoms with E-state index in [0.29, 0.717) is 25.0 Å². The number of aliphatic carboxylic acids is 1. The predicted octanol–water partition coefficient (Wildman–Crippen LogP) is 2.45. The van der Waals surface area contributed by atoms with E-state index in [4.69, 9.17) is 10.4 Å². The molecule has 0 bridgehead atoms. The summed E-state index contributed by atoms with van der Waals surface area (Å²) >= 11 is 0. The van der Waals surface area contributed by atoms with Crippen LogP contribution in [0, 0.1) is 17.2 Å². The lowest BCUT2D eigenvalue weighted by Gasteiger charge is -2.31. The van der Waals surface area contributed by atoms with Crippen LogP contribution >= 0.6 is 0 Å². The third kappa shape index (κ3) is 4.29. The number of hydrogen-bond donors (Lipinski definition) is 1. The maximum atomic E-state index is 12.8. The lowest BCUT2D eigenvalue weighted by Crippen LogP contribution is -2.40. The fourth-order valence-electron chi connectivity index (χ4n) is 2.83. The van der Waals surface area contributed by atoms with Gasteiger partial charge in [0.15, 0.2) is 0 Å². The van der Waals surface area contributed by atoms with Gasteiger partial charge in [-0.15, -0.1) is 0 Å². The van der Waals surface area contributed by atoms with Crippen molar-refractivity contribution >= 4 is 16.0 Å². The molecule has 1 heterocycles. The van der Waals surface area contributed by atoms with E-state index < -0.39 is 38.2 Å². The van der Waals surface area contributed by atoms with Crippen LogP contribution in [-0.2, 0) is 21.0 Å². The van der Waals surface area contributed by atoms with Gasteiger partial charge >= 0.3 is 12.1 Å². The summed E-state index contributed by atoms with van der Waals surface area (Å²) in [6, 6.07) is 3.47. The standard InChI is InChI=1S/C15H15F3N2O4S/c16-15(17,18)13-4-3-12(7-11(13)8-19)25(23,24)20-5-1-2-10(9-20)6-14(21)22/h3-4,7,10H,1-2,5-6,9H2,(H,21,22). The van der Waals surface area contributed by atoms with Gasteiger partial charge in [-0.05, 0) is 37.0 Å². The minimum Gasteiger partial charge on any atom is -0.481 e. The van der Waals surface area contributed by atoms with Gasteiger partial charge in [0.2, 0.25) is 10.0 Å². The first kappa shape index (κ1) is 19.2. The molecule has 1 N–H and O–H groups in total. The molecular weight excluding hydrogens is 361 g/mol. The molecule has 2 rings (SSSR count). The average Bonchev–Trinajstić information content (AvgIpc) is 2.53. The van der Waals surface area contributed by atoms with Crippen LogP contribution < -0.4 is 0 Å². The Morgan fingerprint density at radius 2 is 2.08 bits per heavy atom. The van der Waals surface area contributed by atoms with Crippen molar-refractivity contribution in [2.75, 3.05) is 13.1 Å². The molecule has 1 atom stereocenters. The maximum Gasteiger partial charge on any atom is 0.417 e. The molecule has 0 radical (unpaired) electrons. The molecule has 0 amide bonds. The van der Waals surface area contributed by atoms with Crippen LogP contribution in [0.15, 0.2) is 23.1 Å². The minimum atomic E-state index is -4.76. The highest BCUT2D eigenvalue weighted by atomic mass is 32.2. The topological polar surface area (TPSA) is 98.5 Å². The third-order valence-electron chi connectivity index (χ3n) is 4.00. The number of halogens is 3. The molecule has 1 fully saturated rings. The summed E-state index contributed by atoms with van der Waals surface area (Å²) in [6.45, 7) is 0.138. The molecule has 10 heteroatoms. The van der Waals surface area contributed by atoms with Gasteiger partial charge in [0, 0.05) is 19.5 Å². The van der Waals surface area contributed by atoms with E-state index in [0.717, 1.165) is 10.4 Å². The van der Waals surface area contributed by atoms with Crippen molar-refractivity contribution in [2.24, 2.45) is 5.92 Å². The van der Waals surface area contributed by atoms with Gasteiger partial charge in [-0.2, -0.15) is 22.7 Å². The monoisotopic (exact) mass is 376 g/mol. The zero-order valence-electron chi connectivity index (χ0n) is 13.0. The van der Waals surface area contributed by atoms with Crippen molar-refractivity contribution < 1.29 is 31.5 Å². The van der Waals surface area contributed by atoms with Gasteiger partial charge in [0.25, 0.3) is 0 Å². The summed E-state index contributed by atoms with van der Waals surface area (Å²) in [5, 5.41) is 17.7. The number of carboxylic acids is 1. The smallest absolute Gasteiger partial charge is 0.417 e. The number of piperidine rings is 1. The molecule has 6 nitrogen and oxygen atoms in total. The van der Waals surface area contributed by atoms with E-state index in [1.165, 1.54) is 6.07 Å². The maximum absolute atomic E-state index is 12.8. The normalized spacial score (nSPS) is 19.4. The van der Waals surface area contributed by atoms with Crippen molar-refractivity contribution in [3.63, 3.8) is 0 Å². The number of alkyl halides is 3. The predicted molar refractivity (Wildman–Crippen MR) is 79.9 cm³/mol. The van der Waals surface area contributed by atoms with Gasteiger partial charge in [-0.25, -0.2) is 8.42 Å². The third-order valence-corrected chi connectivity index (χ3v) is 5.86. The zero-order chi connectivity index (χ0) is 18.8. The zero-order valence-corrected chi connectivity index (χ0v) is 13.8. The fraction of sp³-hybridized carbons (Fsp3) is 0.467. The van der Waals surface area contributed by atoms with Crippen LogP contribution in [0.5, 0.6) is 0 Å². The van der Waals surface area contributed by atoms with E-state index in [-0.39, 0.29) is 25.4 Å². The van der Waals surface area contributed by atoms with E-state index in [1.54, 1.807) is 0 Å². The number of carbonyl (C=O) groups is 1. The summed E-state index contributed by atoms with van der Waals surface area (Å²) in [7, 11) is -4.10. The molecule has 0 aliphatic carbocycles. The number of sulfonamides is 1. The lowest BCUT2D eigenvalue weighted by atomic mass is 9.96. The highest BCUT2D eigenvalue weighted by molar-refractivity contribution is 7.89.